The fraction of sp³-hybridized carbons (Fsp3) is 0.312. The quantitative estimate of drug-likeness (QED) is 0.927. The average Bonchev–Trinajstić information content (AvgIpc) is 2.53. The molecule has 1 fully saturated rings. The molecule has 5 heteroatoms. The smallest absolute Gasteiger partial charge is 0.242 e. The Morgan fingerprint density at radius 3 is 2.67 bits per heavy atom. The van der Waals surface area contributed by atoms with E-state index < -0.39 is 0 Å². The number of hydrogen-bond acceptors (Lipinski definition) is 3. The highest BCUT2D eigenvalue weighted by molar-refractivity contribution is 9.10. The summed E-state index contributed by atoms with van der Waals surface area (Å²) in [5.41, 5.74) is 0.964. The zero-order valence-electron chi connectivity index (χ0n) is 11.6. The third-order valence-corrected chi connectivity index (χ3v) is 4.10. The van der Waals surface area contributed by atoms with Gasteiger partial charge in [-0.25, -0.2) is 0 Å². The van der Waals surface area contributed by atoms with Crippen molar-refractivity contribution in [1.82, 2.24) is 4.90 Å². The number of benzene rings is 2. The summed E-state index contributed by atoms with van der Waals surface area (Å²) in [5.74, 6) is 0.120. The molecule has 0 atom stereocenters. The van der Waals surface area contributed by atoms with Crippen LogP contribution in [0.4, 0.5) is 5.69 Å². The summed E-state index contributed by atoms with van der Waals surface area (Å²) >= 11 is 3.47. The molecule has 1 saturated heterocycles. The Morgan fingerprint density at radius 1 is 1.14 bits per heavy atom. The van der Waals surface area contributed by atoms with E-state index in [1.54, 1.807) is 0 Å². The number of fused-ring (bicyclic) bond motifs is 1. The monoisotopic (exact) mass is 348 g/mol. The first kappa shape index (κ1) is 14.4. The van der Waals surface area contributed by atoms with Crippen LogP contribution in [0.5, 0.6) is 0 Å². The summed E-state index contributed by atoms with van der Waals surface area (Å²) in [7, 11) is 0. The molecule has 21 heavy (non-hydrogen) atoms. The van der Waals surface area contributed by atoms with Gasteiger partial charge in [0.1, 0.15) is 0 Å². The number of nitrogens with one attached hydrogen (secondary N) is 1. The molecule has 4 nitrogen and oxygen atoms in total. The highest BCUT2D eigenvalue weighted by Gasteiger charge is 2.16. The molecule has 1 amide bonds. The maximum Gasteiger partial charge on any atom is 0.242 e. The van der Waals surface area contributed by atoms with Crippen LogP contribution in [0.1, 0.15) is 0 Å². The van der Waals surface area contributed by atoms with Gasteiger partial charge < -0.3 is 15.0 Å². The van der Waals surface area contributed by atoms with Crippen LogP contribution in [0.15, 0.2) is 40.9 Å². The van der Waals surface area contributed by atoms with Gasteiger partial charge in [0.15, 0.2) is 0 Å². The molecular weight excluding hydrogens is 332 g/mol. The number of halogens is 1. The summed E-state index contributed by atoms with van der Waals surface area (Å²) in [4.78, 5) is 13.9. The lowest BCUT2D eigenvalue weighted by atomic mass is 10.1. The first-order valence-electron chi connectivity index (χ1n) is 7.01. The SMILES string of the molecule is O=C(CNc1ccc2cc(Br)ccc2c1)N1CCOCC1. The van der Waals surface area contributed by atoms with Crippen LogP contribution >= 0.6 is 15.9 Å². The number of nitrogens with zero attached hydrogens (tertiary/aromatic N) is 1. The highest BCUT2D eigenvalue weighted by Crippen LogP contribution is 2.22. The van der Waals surface area contributed by atoms with Crippen molar-refractivity contribution in [1.29, 1.82) is 0 Å². The Hall–Kier alpha value is -1.59. The number of anilines is 1. The van der Waals surface area contributed by atoms with Crippen molar-refractivity contribution < 1.29 is 9.53 Å². The molecule has 3 rings (SSSR count). The summed E-state index contributed by atoms with van der Waals surface area (Å²) in [6, 6.07) is 12.3. The molecule has 0 spiro atoms. The van der Waals surface area contributed by atoms with Gasteiger partial charge in [-0.3, -0.25) is 4.79 Å². The van der Waals surface area contributed by atoms with Crippen LogP contribution in [0, 0.1) is 0 Å². The Balaban J connectivity index is 1.64. The largest absolute Gasteiger partial charge is 0.378 e. The third kappa shape index (κ3) is 3.54. The first-order chi connectivity index (χ1) is 10.2. The van der Waals surface area contributed by atoms with Crippen LogP contribution in [0.25, 0.3) is 10.8 Å². The predicted octanol–water partition coefficient (Wildman–Crippen LogP) is 2.87. The molecule has 0 unspecified atom stereocenters. The molecule has 1 N–H and O–H groups in total. The van der Waals surface area contributed by atoms with Gasteiger partial charge in [0, 0.05) is 23.2 Å². The lowest BCUT2D eigenvalue weighted by molar-refractivity contribution is -0.133. The molecule has 1 heterocycles. The number of hydrogen-bond donors (Lipinski definition) is 1. The van der Waals surface area contributed by atoms with E-state index in [-0.39, 0.29) is 5.91 Å². The lowest BCUT2D eigenvalue weighted by Crippen LogP contribution is -2.43. The van der Waals surface area contributed by atoms with Crippen molar-refractivity contribution in [2.24, 2.45) is 0 Å². The zero-order chi connectivity index (χ0) is 14.7. The average molecular weight is 349 g/mol. The van der Waals surface area contributed by atoms with Gasteiger partial charge >= 0.3 is 0 Å². The molecule has 1 aliphatic heterocycles. The molecular formula is C16H17BrN2O2. The second-order valence-electron chi connectivity index (χ2n) is 5.05. The van der Waals surface area contributed by atoms with E-state index in [2.05, 4.69) is 45.5 Å². The molecule has 110 valence electrons. The van der Waals surface area contributed by atoms with Crippen LogP contribution in [-0.2, 0) is 9.53 Å². The van der Waals surface area contributed by atoms with Crippen molar-refractivity contribution in [3.8, 4) is 0 Å². The molecule has 1 aliphatic rings. The van der Waals surface area contributed by atoms with Gasteiger partial charge in [-0.2, -0.15) is 0 Å². The second kappa shape index (κ2) is 6.45. The molecule has 0 radical (unpaired) electrons. The first-order valence-corrected chi connectivity index (χ1v) is 7.80. The van der Waals surface area contributed by atoms with Crippen molar-refractivity contribution in [3.05, 3.63) is 40.9 Å². The van der Waals surface area contributed by atoms with Gasteiger partial charge in [-0.1, -0.05) is 28.1 Å². The van der Waals surface area contributed by atoms with Gasteiger partial charge in [0.2, 0.25) is 5.91 Å². The number of morpholine rings is 1. The van der Waals surface area contributed by atoms with E-state index in [0.717, 1.165) is 15.5 Å². The molecule has 2 aromatic rings. The van der Waals surface area contributed by atoms with Crippen LogP contribution in [0.2, 0.25) is 0 Å². The minimum Gasteiger partial charge on any atom is -0.378 e. The Labute approximate surface area is 132 Å². The topological polar surface area (TPSA) is 41.6 Å². The Bertz CT molecular complexity index is 654. The van der Waals surface area contributed by atoms with Crippen molar-refractivity contribution >= 4 is 38.3 Å². The lowest BCUT2D eigenvalue weighted by Gasteiger charge is -2.27. The van der Waals surface area contributed by atoms with E-state index >= 15 is 0 Å². The summed E-state index contributed by atoms with van der Waals surface area (Å²) in [6.07, 6.45) is 0. The van der Waals surface area contributed by atoms with Crippen LogP contribution < -0.4 is 5.32 Å². The standard InChI is InChI=1S/C16H17BrN2O2/c17-14-3-1-13-10-15(4-2-12(13)9-14)18-11-16(20)19-5-7-21-8-6-19/h1-4,9-10,18H,5-8,11H2. The van der Waals surface area contributed by atoms with Crippen molar-refractivity contribution in [2.45, 2.75) is 0 Å². The maximum atomic E-state index is 12.1. The molecule has 0 aromatic heterocycles. The number of rotatable bonds is 3. The summed E-state index contributed by atoms with van der Waals surface area (Å²) < 4.78 is 6.32. The zero-order valence-corrected chi connectivity index (χ0v) is 13.2. The number of amides is 1. The van der Waals surface area contributed by atoms with Crippen LogP contribution in [-0.4, -0.2) is 43.7 Å². The second-order valence-corrected chi connectivity index (χ2v) is 5.97. The van der Waals surface area contributed by atoms with E-state index in [1.807, 2.05) is 17.0 Å². The number of carbonyl (C=O) groups is 1. The summed E-state index contributed by atoms with van der Waals surface area (Å²) in [5, 5.41) is 5.53. The van der Waals surface area contributed by atoms with E-state index in [0.29, 0.717) is 32.8 Å². The van der Waals surface area contributed by atoms with Crippen LogP contribution in [0.3, 0.4) is 0 Å². The fourth-order valence-corrected chi connectivity index (χ4v) is 2.81. The Kier molecular flexibility index (Phi) is 4.41. The van der Waals surface area contributed by atoms with E-state index in [1.165, 1.54) is 5.39 Å². The molecule has 0 saturated carbocycles. The highest BCUT2D eigenvalue weighted by atomic mass is 79.9. The third-order valence-electron chi connectivity index (χ3n) is 3.61. The Morgan fingerprint density at radius 2 is 1.86 bits per heavy atom. The molecule has 0 bridgehead atoms. The van der Waals surface area contributed by atoms with Crippen molar-refractivity contribution in [2.75, 3.05) is 38.2 Å². The fourth-order valence-electron chi connectivity index (χ4n) is 2.43. The number of carbonyl (C=O) groups excluding carboxylic acids is 1. The van der Waals surface area contributed by atoms with E-state index in [4.69, 9.17) is 4.74 Å². The summed E-state index contributed by atoms with van der Waals surface area (Å²) in [6.45, 7) is 2.97. The predicted molar refractivity (Wildman–Crippen MR) is 87.5 cm³/mol. The molecule has 2 aromatic carbocycles. The van der Waals surface area contributed by atoms with Gasteiger partial charge in [0.25, 0.3) is 0 Å². The van der Waals surface area contributed by atoms with Gasteiger partial charge in [0.05, 0.1) is 19.8 Å². The minimum atomic E-state index is 0.120. The van der Waals surface area contributed by atoms with Crippen molar-refractivity contribution in [3.63, 3.8) is 0 Å². The maximum absolute atomic E-state index is 12.1. The van der Waals surface area contributed by atoms with Gasteiger partial charge in [-0.15, -0.1) is 0 Å². The number of ether oxygens (including phenoxy) is 1. The van der Waals surface area contributed by atoms with E-state index in [9.17, 15) is 4.79 Å². The molecule has 0 aliphatic carbocycles. The normalized spacial score (nSPS) is 15.2. The minimum absolute atomic E-state index is 0.120. The van der Waals surface area contributed by atoms with Gasteiger partial charge in [-0.05, 0) is 35.0 Å².